The molecule has 0 aliphatic rings. The average molecular weight is 514 g/mol. The maximum Gasteiger partial charge on any atom is 0.255 e. The van der Waals surface area contributed by atoms with Crippen LogP contribution in [0.1, 0.15) is 30.1 Å². The van der Waals surface area contributed by atoms with Gasteiger partial charge in [-0.2, -0.15) is 0 Å². The molecule has 0 aromatic heterocycles. The highest BCUT2D eigenvalue weighted by Crippen LogP contribution is 2.36. The predicted molar refractivity (Wildman–Crippen MR) is 146 cm³/mol. The van der Waals surface area contributed by atoms with Crippen molar-refractivity contribution >= 4 is 51.9 Å². The second-order valence-corrected chi connectivity index (χ2v) is 8.34. The minimum absolute atomic E-state index is 0.215. The molecule has 0 aliphatic heterocycles. The smallest absolute Gasteiger partial charge is 0.255 e. The molecule has 3 N–H and O–H groups in total. The summed E-state index contributed by atoms with van der Waals surface area (Å²) in [5.74, 6) is 1.50. The van der Waals surface area contributed by atoms with Gasteiger partial charge in [0.15, 0.2) is 5.11 Å². The number of nitrogens with one attached hydrogen (secondary N) is 3. The third-order valence-electron chi connectivity index (χ3n) is 4.99. The SMILES string of the molecule is CCCCOc1cccc(C(=O)Nc2ccc(NC(=S)Nc3cc(Cl)c(OC)cc3OC)cc2)c1. The molecule has 0 heterocycles. The molecule has 0 bridgehead atoms. The molecule has 3 aromatic rings. The molecule has 9 heteroatoms. The Morgan fingerprint density at radius 1 is 0.914 bits per heavy atom. The normalized spacial score (nSPS) is 10.3. The van der Waals surface area contributed by atoms with Gasteiger partial charge in [-0.25, -0.2) is 0 Å². The van der Waals surface area contributed by atoms with E-state index in [0.717, 1.165) is 18.5 Å². The van der Waals surface area contributed by atoms with Gasteiger partial charge in [0.25, 0.3) is 5.91 Å². The molecule has 0 fully saturated rings. The number of unbranched alkanes of at least 4 members (excludes halogenated alkanes) is 1. The van der Waals surface area contributed by atoms with Crippen molar-refractivity contribution in [2.24, 2.45) is 0 Å². The quantitative estimate of drug-likeness (QED) is 0.208. The van der Waals surface area contributed by atoms with E-state index in [0.29, 0.717) is 50.9 Å². The van der Waals surface area contributed by atoms with E-state index < -0.39 is 0 Å². The fraction of sp³-hybridized carbons (Fsp3) is 0.231. The van der Waals surface area contributed by atoms with Gasteiger partial charge in [0.2, 0.25) is 0 Å². The Morgan fingerprint density at radius 2 is 1.60 bits per heavy atom. The van der Waals surface area contributed by atoms with Crippen LogP contribution in [0.5, 0.6) is 17.2 Å². The summed E-state index contributed by atoms with van der Waals surface area (Å²) >= 11 is 11.6. The predicted octanol–water partition coefficient (Wildman–Crippen LogP) is 6.60. The molecule has 7 nitrogen and oxygen atoms in total. The molecular formula is C26H28ClN3O4S. The molecule has 3 aromatic carbocycles. The first-order valence-corrected chi connectivity index (χ1v) is 11.9. The molecule has 0 radical (unpaired) electrons. The lowest BCUT2D eigenvalue weighted by Crippen LogP contribution is -2.19. The summed E-state index contributed by atoms with van der Waals surface area (Å²) < 4.78 is 16.3. The number of amides is 1. The van der Waals surface area contributed by atoms with Crippen molar-refractivity contribution in [3.05, 3.63) is 71.2 Å². The lowest BCUT2D eigenvalue weighted by molar-refractivity contribution is 0.102. The maximum atomic E-state index is 12.7. The van der Waals surface area contributed by atoms with Gasteiger partial charge in [0.1, 0.15) is 17.2 Å². The van der Waals surface area contributed by atoms with E-state index in [1.807, 2.05) is 24.3 Å². The largest absolute Gasteiger partial charge is 0.495 e. The number of hydrogen-bond donors (Lipinski definition) is 3. The van der Waals surface area contributed by atoms with Crippen molar-refractivity contribution in [1.82, 2.24) is 0 Å². The Morgan fingerprint density at radius 3 is 2.26 bits per heavy atom. The molecule has 1 amide bonds. The summed E-state index contributed by atoms with van der Waals surface area (Å²) in [6.07, 6.45) is 2.02. The highest BCUT2D eigenvalue weighted by molar-refractivity contribution is 7.80. The third kappa shape index (κ3) is 7.50. The maximum absolute atomic E-state index is 12.7. The first-order chi connectivity index (χ1) is 16.9. The van der Waals surface area contributed by atoms with E-state index in [-0.39, 0.29) is 5.91 Å². The molecule has 0 saturated carbocycles. The van der Waals surface area contributed by atoms with Crippen LogP contribution in [0, 0.1) is 0 Å². The minimum atomic E-state index is -0.215. The Balaban J connectivity index is 1.58. The summed E-state index contributed by atoms with van der Waals surface area (Å²) in [6, 6.07) is 17.7. The van der Waals surface area contributed by atoms with E-state index in [9.17, 15) is 4.79 Å². The van der Waals surface area contributed by atoms with E-state index in [1.54, 1.807) is 43.5 Å². The number of benzene rings is 3. The van der Waals surface area contributed by atoms with Gasteiger partial charge in [0, 0.05) is 23.0 Å². The van der Waals surface area contributed by atoms with Crippen LogP contribution in [0.4, 0.5) is 17.1 Å². The number of ether oxygens (including phenoxy) is 3. The Labute approximate surface area is 215 Å². The fourth-order valence-electron chi connectivity index (χ4n) is 3.14. The van der Waals surface area contributed by atoms with E-state index in [1.165, 1.54) is 7.11 Å². The van der Waals surface area contributed by atoms with Crippen LogP contribution >= 0.6 is 23.8 Å². The number of thiocarbonyl (C=S) groups is 1. The van der Waals surface area contributed by atoms with Gasteiger partial charge in [-0.15, -0.1) is 0 Å². The van der Waals surface area contributed by atoms with Crippen molar-refractivity contribution < 1.29 is 19.0 Å². The van der Waals surface area contributed by atoms with Gasteiger partial charge >= 0.3 is 0 Å². The van der Waals surface area contributed by atoms with Gasteiger partial charge in [-0.1, -0.05) is 31.0 Å². The van der Waals surface area contributed by atoms with Crippen molar-refractivity contribution in [3.8, 4) is 17.2 Å². The number of methoxy groups -OCH3 is 2. The van der Waals surface area contributed by atoms with Gasteiger partial charge in [-0.3, -0.25) is 4.79 Å². The molecule has 35 heavy (non-hydrogen) atoms. The van der Waals surface area contributed by atoms with Gasteiger partial charge in [-0.05, 0) is 67.2 Å². The molecule has 0 atom stereocenters. The van der Waals surface area contributed by atoms with E-state index in [2.05, 4.69) is 22.9 Å². The zero-order valence-corrected chi connectivity index (χ0v) is 21.4. The van der Waals surface area contributed by atoms with Crippen LogP contribution < -0.4 is 30.2 Å². The van der Waals surface area contributed by atoms with Crippen LogP contribution in [0.15, 0.2) is 60.7 Å². The average Bonchev–Trinajstić information content (AvgIpc) is 2.86. The van der Waals surface area contributed by atoms with Crippen LogP contribution in [0.3, 0.4) is 0 Å². The summed E-state index contributed by atoms with van der Waals surface area (Å²) in [5.41, 5.74) is 2.52. The van der Waals surface area contributed by atoms with Crippen molar-refractivity contribution in [3.63, 3.8) is 0 Å². The second-order valence-electron chi connectivity index (χ2n) is 7.53. The highest BCUT2D eigenvalue weighted by atomic mass is 35.5. The summed E-state index contributed by atoms with van der Waals surface area (Å²) in [7, 11) is 3.08. The lowest BCUT2D eigenvalue weighted by atomic mass is 10.2. The molecular weight excluding hydrogens is 486 g/mol. The summed E-state index contributed by atoms with van der Waals surface area (Å²) in [6.45, 7) is 2.73. The molecule has 0 spiro atoms. The molecule has 0 saturated heterocycles. The molecule has 0 unspecified atom stereocenters. The first kappa shape index (κ1) is 26.1. The monoisotopic (exact) mass is 513 g/mol. The Bertz CT molecular complexity index is 1170. The number of carbonyl (C=O) groups is 1. The lowest BCUT2D eigenvalue weighted by Gasteiger charge is -2.15. The highest BCUT2D eigenvalue weighted by Gasteiger charge is 2.12. The summed E-state index contributed by atoms with van der Waals surface area (Å²) in [4.78, 5) is 12.7. The number of rotatable bonds is 10. The topological polar surface area (TPSA) is 80.9 Å². The number of halogens is 1. The van der Waals surface area contributed by atoms with Crippen LogP contribution in [0.25, 0.3) is 0 Å². The zero-order chi connectivity index (χ0) is 25.2. The van der Waals surface area contributed by atoms with Gasteiger partial charge in [0.05, 0.1) is 31.5 Å². The molecule has 3 rings (SSSR count). The van der Waals surface area contributed by atoms with E-state index in [4.69, 9.17) is 38.0 Å². The molecule has 184 valence electrons. The number of anilines is 3. The van der Waals surface area contributed by atoms with Crippen LogP contribution in [-0.4, -0.2) is 31.8 Å². The van der Waals surface area contributed by atoms with Crippen LogP contribution in [0.2, 0.25) is 5.02 Å². The van der Waals surface area contributed by atoms with E-state index >= 15 is 0 Å². The van der Waals surface area contributed by atoms with Crippen molar-refractivity contribution in [2.75, 3.05) is 36.8 Å². The number of hydrogen-bond acceptors (Lipinski definition) is 5. The summed E-state index contributed by atoms with van der Waals surface area (Å²) in [5, 5.41) is 9.83. The fourth-order valence-corrected chi connectivity index (χ4v) is 3.61. The Hall–Kier alpha value is -3.49. The second kappa shape index (κ2) is 12.8. The van der Waals surface area contributed by atoms with Crippen molar-refractivity contribution in [1.29, 1.82) is 0 Å². The number of carbonyl (C=O) groups excluding carboxylic acids is 1. The zero-order valence-electron chi connectivity index (χ0n) is 19.8. The first-order valence-electron chi connectivity index (χ1n) is 11.1. The minimum Gasteiger partial charge on any atom is -0.495 e. The van der Waals surface area contributed by atoms with Crippen LogP contribution in [-0.2, 0) is 0 Å². The van der Waals surface area contributed by atoms with Crippen molar-refractivity contribution in [2.45, 2.75) is 19.8 Å². The standard InChI is InChI=1S/C26H28ClN3O4S/c1-4-5-13-34-20-8-6-7-17(14-20)25(31)28-18-9-11-19(12-10-18)29-26(35)30-22-15-21(27)23(32-2)16-24(22)33-3/h6-12,14-16H,4-5,13H2,1-3H3,(H,28,31)(H2,29,30,35). The van der Waals surface area contributed by atoms with Gasteiger partial charge < -0.3 is 30.2 Å². The Kier molecular flexibility index (Phi) is 9.57. The third-order valence-corrected chi connectivity index (χ3v) is 5.49. The molecule has 0 aliphatic carbocycles.